The summed E-state index contributed by atoms with van der Waals surface area (Å²) in [4.78, 5) is 63.6. The van der Waals surface area contributed by atoms with Crippen molar-refractivity contribution in [3.05, 3.63) is 80.5 Å². The number of hydrogen-bond acceptors (Lipinski definition) is 12. The third kappa shape index (κ3) is 6.86. The molecule has 234 valence electrons. The fraction of sp³-hybridized carbons (Fsp3) is 0.269. The Kier molecular flexibility index (Phi) is 9.54. The maximum Gasteiger partial charge on any atom is 0.352 e. The van der Waals surface area contributed by atoms with E-state index in [0.29, 0.717) is 16.3 Å². The molecule has 16 nitrogen and oxygen atoms in total. The molecule has 3 N–H and O–H groups in total. The maximum atomic E-state index is 13.5. The molecule has 2 aliphatic heterocycles. The highest BCUT2D eigenvalue weighted by atomic mass is 35.5. The number of rotatable bonds is 12. The van der Waals surface area contributed by atoms with Gasteiger partial charge in [-0.25, -0.2) is 9.48 Å². The van der Waals surface area contributed by atoms with E-state index in [1.54, 1.807) is 37.4 Å². The van der Waals surface area contributed by atoms with Crippen LogP contribution in [0.4, 0.5) is 5.69 Å². The van der Waals surface area contributed by atoms with Gasteiger partial charge in [0.15, 0.2) is 12.4 Å². The van der Waals surface area contributed by atoms with Crippen LogP contribution in [0.2, 0.25) is 5.02 Å². The molecule has 0 radical (unpaired) electrons. The van der Waals surface area contributed by atoms with Crippen LogP contribution in [0.15, 0.2) is 65.0 Å². The number of amides is 3. The first-order chi connectivity index (χ1) is 21.5. The van der Waals surface area contributed by atoms with Gasteiger partial charge in [-0.15, -0.1) is 16.9 Å². The number of carbonyl (C=O) groups is 4. The first kappa shape index (κ1) is 31.7. The zero-order valence-corrected chi connectivity index (χ0v) is 25.5. The van der Waals surface area contributed by atoms with E-state index in [0.717, 1.165) is 11.0 Å². The first-order valence-electron chi connectivity index (χ1n) is 13.0. The molecular formula is C26H23ClN8O8S2. The maximum absolute atomic E-state index is 13.5. The summed E-state index contributed by atoms with van der Waals surface area (Å²) in [7, 11) is 1.65. The normalized spacial score (nSPS) is 18.0. The van der Waals surface area contributed by atoms with Gasteiger partial charge in [-0.1, -0.05) is 53.7 Å². The van der Waals surface area contributed by atoms with Gasteiger partial charge in [0.25, 0.3) is 11.8 Å². The third-order valence-corrected chi connectivity index (χ3v) is 9.35. The van der Waals surface area contributed by atoms with Crippen LogP contribution in [-0.2, 0) is 26.2 Å². The number of nitro benzene ring substituents is 1. The average Bonchev–Trinajstić information content (AvgIpc) is 3.44. The Morgan fingerprint density at radius 1 is 1.27 bits per heavy atom. The summed E-state index contributed by atoms with van der Waals surface area (Å²) in [6, 6.07) is 9.61. The molecule has 3 amide bonds. The van der Waals surface area contributed by atoms with Crippen molar-refractivity contribution < 1.29 is 33.9 Å². The fourth-order valence-corrected chi connectivity index (χ4v) is 7.07. The minimum Gasteiger partial charge on any atom is -0.477 e. The highest BCUT2D eigenvalue weighted by Crippen LogP contribution is 2.41. The van der Waals surface area contributed by atoms with Crippen molar-refractivity contribution in [2.24, 2.45) is 7.05 Å². The number of carbonyl (C=O) groups excluding carboxylic acids is 3. The molecule has 0 spiro atoms. The summed E-state index contributed by atoms with van der Waals surface area (Å²) in [6.45, 7) is -0.661. The van der Waals surface area contributed by atoms with Crippen LogP contribution in [0.1, 0.15) is 11.6 Å². The number of thioether (sulfide) groups is 2. The van der Waals surface area contributed by atoms with Crippen molar-refractivity contribution in [2.45, 2.75) is 22.6 Å². The Morgan fingerprint density at radius 2 is 2.02 bits per heavy atom. The molecule has 1 fully saturated rings. The van der Waals surface area contributed by atoms with Crippen LogP contribution in [0, 0.1) is 10.1 Å². The van der Waals surface area contributed by atoms with E-state index in [9.17, 15) is 34.4 Å². The van der Waals surface area contributed by atoms with Crippen LogP contribution in [0.5, 0.6) is 5.75 Å². The van der Waals surface area contributed by atoms with Gasteiger partial charge in [-0.05, 0) is 33.7 Å². The van der Waals surface area contributed by atoms with E-state index in [4.69, 9.17) is 16.3 Å². The number of fused-ring (bicyclic) bond motifs is 1. The highest BCUT2D eigenvalue weighted by molar-refractivity contribution is 8.01. The zero-order valence-electron chi connectivity index (χ0n) is 23.2. The number of carboxylic acids is 1. The lowest BCUT2D eigenvalue weighted by Gasteiger charge is -2.49. The molecule has 19 heteroatoms. The smallest absolute Gasteiger partial charge is 0.352 e. The topological polar surface area (TPSA) is 212 Å². The van der Waals surface area contributed by atoms with Gasteiger partial charge in [0.1, 0.15) is 23.2 Å². The van der Waals surface area contributed by atoms with E-state index >= 15 is 0 Å². The number of aliphatic carboxylic acids is 1. The lowest BCUT2D eigenvalue weighted by Crippen LogP contribution is -2.71. The predicted molar refractivity (Wildman–Crippen MR) is 160 cm³/mol. The van der Waals surface area contributed by atoms with Crippen LogP contribution in [0.3, 0.4) is 0 Å². The second-order valence-electron chi connectivity index (χ2n) is 9.60. The van der Waals surface area contributed by atoms with Crippen molar-refractivity contribution in [2.75, 3.05) is 18.1 Å². The lowest BCUT2D eigenvalue weighted by atomic mass is 10.0. The van der Waals surface area contributed by atoms with Gasteiger partial charge in [0.05, 0.1) is 4.92 Å². The number of β-lactam (4-membered cyclic amide) rings is 1. The minimum absolute atomic E-state index is 0.111. The van der Waals surface area contributed by atoms with E-state index in [2.05, 4.69) is 26.2 Å². The summed E-state index contributed by atoms with van der Waals surface area (Å²) in [5.74, 6) is -3.05. The molecule has 0 bridgehead atoms. The summed E-state index contributed by atoms with van der Waals surface area (Å²) in [6.07, 6.45) is 0. The molecule has 2 aromatic carbocycles. The number of ether oxygens (including phenoxy) is 1. The Labute approximate surface area is 267 Å². The van der Waals surface area contributed by atoms with Crippen molar-refractivity contribution in [3.63, 3.8) is 0 Å². The van der Waals surface area contributed by atoms with Crippen LogP contribution in [0.25, 0.3) is 0 Å². The van der Waals surface area contributed by atoms with Gasteiger partial charge in [0.2, 0.25) is 11.1 Å². The van der Waals surface area contributed by atoms with Crippen LogP contribution in [-0.4, -0.2) is 88.4 Å². The minimum atomic E-state index is -1.28. The van der Waals surface area contributed by atoms with Crippen molar-refractivity contribution >= 4 is 64.5 Å². The molecule has 1 saturated heterocycles. The molecule has 3 atom stereocenters. The largest absolute Gasteiger partial charge is 0.477 e. The van der Waals surface area contributed by atoms with Crippen molar-refractivity contribution in [3.8, 4) is 5.75 Å². The Balaban J connectivity index is 1.27. The number of nitro groups is 1. The number of aryl methyl sites for hydroxylation is 1. The predicted octanol–water partition coefficient (Wildman–Crippen LogP) is 1.54. The van der Waals surface area contributed by atoms with Gasteiger partial charge in [-0.2, -0.15) is 0 Å². The number of carboxylic acid groups (broad SMARTS) is 1. The second-order valence-corrected chi connectivity index (χ2v) is 12.1. The number of nitrogens with zero attached hydrogens (tertiary/aromatic N) is 6. The Morgan fingerprint density at radius 3 is 2.69 bits per heavy atom. The summed E-state index contributed by atoms with van der Waals surface area (Å²) < 4.78 is 6.79. The second kappa shape index (κ2) is 13.5. The van der Waals surface area contributed by atoms with Gasteiger partial charge in [-0.3, -0.25) is 29.4 Å². The molecule has 0 aliphatic carbocycles. The van der Waals surface area contributed by atoms with E-state index < -0.39 is 58.4 Å². The van der Waals surface area contributed by atoms with Gasteiger partial charge >= 0.3 is 11.7 Å². The molecule has 5 rings (SSSR count). The molecule has 0 saturated carbocycles. The SMILES string of the molecule is Cn1nnnc1SCC1=C(C(=O)O)N2C(=O)C(NC(=O)[C@@H](NC(=O)COc3ccc(Cl)cc3[N+](=O)[O-])c3ccccc3)[C@@H]2SC1. The standard InChI is InChI=1S/C26H23ClN8O8S2/c1-33-26(30-31-32-33)45-12-14-11-44-24-20(23(38)34(24)21(14)25(39)40)29-22(37)19(13-5-3-2-4-6-13)28-18(36)10-43-17-8-7-15(27)9-16(17)35(41)42/h2-9,19-20,24H,10-12H2,1H3,(H,28,36)(H,29,37)(H,39,40)/t19-,20?,24-/m0/s1. The molecule has 1 aromatic heterocycles. The number of tetrazole rings is 1. The first-order valence-corrected chi connectivity index (χ1v) is 15.4. The van der Waals surface area contributed by atoms with E-state index in [-0.39, 0.29) is 28.0 Å². The summed E-state index contributed by atoms with van der Waals surface area (Å²) in [5.41, 5.74) is 0.306. The van der Waals surface area contributed by atoms with Gasteiger partial charge in [0, 0.05) is 29.6 Å². The molecule has 2 aliphatic rings. The molecule has 3 heterocycles. The summed E-state index contributed by atoms with van der Waals surface area (Å²) >= 11 is 8.35. The quantitative estimate of drug-likeness (QED) is 0.108. The van der Waals surface area contributed by atoms with Crippen molar-refractivity contribution in [1.82, 2.24) is 35.7 Å². The monoisotopic (exact) mass is 674 g/mol. The average molecular weight is 675 g/mol. The Bertz CT molecular complexity index is 1700. The van der Waals surface area contributed by atoms with Crippen molar-refractivity contribution in [1.29, 1.82) is 0 Å². The lowest BCUT2D eigenvalue weighted by molar-refractivity contribution is -0.385. The number of halogens is 1. The van der Waals surface area contributed by atoms with E-state index in [1.165, 1.54) is 40.3 Å². The summed E-state index contributed by atoms with van der Waals surface area (Å²) in [5, 5.41) is 37.6. The number of aromatic nitrogens is 4. The molecular weight excluding hydrogens is 652 g/mol. The number of nitrogens with one attached hydrogen (secondary N) is 2. The highest BCUT2D eigenvalue weighted by Gasteiger charge is 2.54. The fourth-order valence-electron chi connectivity index (χ4n) is 4.57. The zero-order chi connectivity index (χ0) is 32.2. The van der Waals surface area contributed by atoms with Crippen LogP contribution < -0.4 is 15.4 Å². The number of benzene rings is 2. The molecule has 45 heavy (non-hydrogen) atoms. The van der Waals surface area contributed by atoms with Crippen LogP contribution >= 0.6 is 35.1 Å². The van der Waals surface area contributed by atoms with E-state index in [1.807, 2.05) is 0 Å². The molecule has 1 unspecified atom stereocenters. The third-order valence-electron chi connectivity index (χ3n) is 6.68. The molecule has 3 aromatic rings. The van der Waals surface area contributed by atoms with Gasteiger partial charge < -0.3 is 20.5 Å². The number of hydrogen-bond donors (Lipinski definition) is 3. The Hall–Kier alpha value is -4.68.